The van der Waals surface area contributed by atoms with E-state index in [1.165, 1.54) is 5.56 Å². The van der Waals surface area contributed by atoms with Crippen LogP contribution in [-0.2, 0) is 0 Å². The maximum Gasteiger partial charge on any atom is 0.0423 e. The van der Waals surface area contributed by atoms with Gasteiger partial charge in [0.25, 0.3) is 0 Å². The molecule has 0 spiro atoms. The van der Waals surface area contributed by atoms with Crippen LogP contribution in [0.15, 0.2) is 42.7 Å². The maximum absolute atomic E-state index is 6.04. The Morgan fingerprint density at radius 2 is 1.59 bits per heavy atom. The van der Waals surface area contributed by atoms with Gasteiger partial charge in [0.1, 0.15) is 0 Å². The third kappa shape index (κ3) is 2.99. The summed E-state index contributed by atoms with van der Waals surface area (Å²) in [5, 5.41) is 1.36. The van der Waals surface area contributed by atoms with E-state index in [1.807, 2.05) is 36.7 Å². The van der Waals surface area contributed by atoms with E-state index in [4.69, 9.17) is 23.2 Å². The third-order valence-electron chi connectivity index (χ3n) is 2.80. The lowest BCUT2D eigenvalue weighted by molar-refractivity contribution is 0.775. The van der Waals surface area contributed by atoms with Gasteiger partial charge in [-0.25, -0.2) is 0 Å². The molecule has 1 unspecified atom stereocenters. The van der Waals surface area contributed by atoms with Gasteiger partial charge in [0, 0.05) is 28.4 Å². The molecule has 0 aliphatic carbocycles. The molecule has 0 aliphatic heterocycles. The topological polar surface area (TPSA) is 12.9 Å². The summed E-state index contributed by atoms with van der Waals surface area (Å²) in [5.74, 6) is 0.314. The molecule has 88 valence electrons. The molecule has 0 saturated carbocycles. The molecule has 1 nitrogen and oxygen atoms in total. The number of pyridine rings is 1. The zero-order valence-electron chi connectivity index (χ0n) is 9.53. The fourth-order valence-electron chi connectivity index (χ4n) is 2.04. The lowest BCUT2D eigenvalue weighted by atomic mass is 9.90. The first-order chi connectivity index (χ1) is 8.20. The van der Waals surface area contributed by atoms with E-state index in [2.05, 4.69) is 11.9 Å². The highest BCUT2D eigenvalue weighted by Gasteiger charge is 2.13. The van der Waals surface area contributed by atoms with Gasteiger partial charge < -0.3 is 0 Å². The zero-order valence-corrected chi connectivity index (χ0v) is 11.0. The van der Waals surface area contributed by atoms with Crippen LogP contribution in [0.25, 0.3) is 0 Å². The van der Waals surface area contributed by atoms with Crippen molar-refractivity contribution in [3.63, 3.8) is 0 Å². The quantitative estimate of drug-likeness (QED) is 0.767. The molecule has 0 saturated heterocycles. The largest absolute Gasteiger partial charge is 0.265 e. The molecule has 0 fully saturated rings. The van der Waals surface area contributed by atoms with E-state index in [-0.39, 0.29) is 0 Å². The van der Waals surface area contributed by atoms with Crippen molar-refractivity contribution in [1.82, 2.24) is 4.98 Å². The van der Waals surface area contributed by atoms with Crippen LogP contribution in [0.5, 0.6) is 0 Å². The fourth-order valence-corrected chi connectivity index (χ4v) is 2.58. The van der Waals surface area contributed by atoms with Crippen LogP contribution in [0.1, 0.15) is 30.4 Å². The molecular weight excluding hydrogens is 253 g/mol. The van der Waals surface area contributed by atoms with E-state index < -0.39 is 0 Å². The number of aromatic nitrogens is 1. The molecule has 2 rings (SSSR count). The van der Waals surface area contributed by atoms with Crippen LogP contribution in [0.2, 0.25) is 10.0 Å². The van der Waals surface area contributed by atoms with Crippen molar-refractivity contribution in [2.75, 3.05) is 0 Å². The number of nitrogens with zero attached hydrogens (tertiary/aromatic N) is 1. The van der Waals surface area contributed by atoms with E-state index in [0.717, 1.165) is 12.0 Å². The Morgan fingerprint density at radius 1 is 1.00 bits per heavy atom. The minimum atomic E-state index is 0.314. The van der Waals surface area contributed by atoms with E-state index in [0.29, 0.717) is 16.0 Å². The third-order valence-corrected chi connectivity index (χ3v) is 3.24. The molecule has 0 radical (unpaired) electrons. The summed E-state index contributed by atoms with van der Waals surface area (Å²) < 4.78 is 0. The normalized spacial score (nSPS) is 12.4. The Kier molecular flexibility index (Phi) is 4.03. The monoisotopic (exact) mass is 265 g/mol. The van der Waals surface area contributed by atoms with Crippen molar-refractivity contribution in [1.29, 1.82) is 0 Å². The predicted molar refractivity (Wildman–Crippen MR) is 72.8 cm³/mol. The van der Waals surface area contributed by atoms with E-state index >= 15 is 0 Å². The van der Waals surface area contributed by atoms with Crippen LogP contribution < -0.4 is 0 Å². The summed E-state index contributed by atoms with van der Waals surface area (Å²) in [7, 11) is 0. The molecule has 1 aromatic heterocycles. The molecule has 2 aromatic rings. The van der Waals surface area contributed by atoms with Crippen molar-refractivity contribution >= 4 is 23.2 Å². The van der Waals surface area contributed by atoms with E-state index in [9.17, 15) is 0 Å². The second kappa shape index (κ2) is 5.52. The Hall–Kier alpha value is -1.05. The number of hydrogen-bond donors (Lipinski definition) is 0. The predicted octanol–water partition coefficient (Wildman–Crippen LogP) is 4.93. The van der Waals surface area contributed by atoms with Gasteiger partial charge >= 0.3 is 0 Å². The fraction of sp³-hybridized carbons (Fsp3) is 0.214. The second-order valence-corrected chi connectivity index (χ2v) is 4.82. The summed E-state index contributed by atoms with van der Waals surface area (Å²) in [6.07, 6.45) is 4.62. The Balaban J connectivity index is 2.42. The lowest BCUT2D eigenvalue weighted by Crippen LogP contribution is -1.99. The maximum atomic E-state index is 6.04. The molecule has 1 aromatic carbocycles. The van der Waals surface area contributed by atoms with Gasteiger partial charge in [0.15, 0.2) is 0 Å². The Bertz CT molecular complexity index is 477. The summed E-state index contributed by atoms with van der Waals surface area (Å²) in [6.45, 7) is 2.15. The van der Waals surface area contributed by atoms with Gasteiger partial charge in [-0.3, -0.25) is 4.98 Å². The van der Waals surface area contributed by atoms with Gasteiger partial charge in [-0.2, -0.15) is 0 Å². The molecule has 3 heteroatoms. The molecule has 1 heterocycles. The SMILES string of the molecule is CCC(c1ccncc1)c1cc(Cl)cc(Cl)c1. The average molecular weight is 266 g/mol. The van der Waals surface area contributed by atoms with Crippen LogP contribution in [-0.4, -0.2) is 4.98 Å². The van der Waals surface area contributed by atoms with Crippen molar-refractivity contribution in [3.8, 4) is 0 Å². The first-order valence-electron chi connectivity index (χ1n) is 5.56. The number of benzene rings is 1. The minimum absolute atomic E-state index is 0.314. The van der Waals surface area contributed by atoms with Gasteiger partial charge in [-0.15, -0.1) is 0 Å². The molecule has 17 heavy (non-hydrogen) atoms. The van der Waals surface area contributed by atoms with Crippen molar-refractivity contribution < 1.29 is 0 Å². The highest BCUT2D eigenvalue weighted by atomic mass is 35.5. The summed E-state index contributed by atoms with van der Waals surface area (Å²) >= 11 is 12.1. The highest BCUT2D eigenvalue weighted by Crippen LogP contribution is 2.31. The molecular formula is C14H13Cl2N. The zero-order chi connectivity index (χ0) is 12.3. The standard InChI is InChI=1S/C14H13Cl2N/c1-2-14(10-3-5-17-6-4-10)11-7-12(15)9-13(16)8-11/h3-9,14H,2H2,1H3. The summed E-state index contributed by atoms with van der Waals surface area (Å²) in [4.78, 5) is 4.04. The molecule has 0 N–H and O–H groups in total. The second-order valence-electron chi connectivity index (χ2n) is 3.94. The molecule has 1 atom stereocenters. The van der Waals surface area contributed by atoms with Crippen molar-refractivity contribution in [2.24, 2.45) is 0 Å². The van der Waals surface area contributed by atoms with Crippen LogP contribution in [0.4, 0.5) is 0 Å². The van der Waals surface area contributed by atoms with Crippen LogP contribution >= 0.6 is 23.2 Å². The highest BCUT2D eigenvalue weighted by molar-refractivity contribution is 6.34. The smallest absolute Gasteiger partial charge is 0.0423 e. The summed E-state index contributed by atoms with van der Waals surface area (Å²) in [5.41, 5.74) is 2.39. The van der Waals surface area contributed by atoms with Crippen molar-refractivity contribution in [2.45, 2.75) is 19.3 Å². The van der Waals surface area contributed by atoms with Gasteiger partial charge in [-0.1, -0.05) is 30.1 Å². The lowest BCUT2D eigenvalue weighted by Gasteiger charge is -2.16. The van der Waals surface area contributed by atoms with Gasteiger partial charge in [0.2, 0.25) is 0 Å². The number of hydrogen-bond acceptors (Lipinski definition) is 1. The minimum Gasteiger partial charge on any atom is -0.265 e. The Labute approximate surface area is 111 Å². The summed E-state index contributed by atoms with van der Waals surface area (Å²) in [6, 6.07) is 9.77. The first-order valence-corrected chi connectivity index (χ1v) is 6.32. The molecule has 0 bridgehead atoms. The average Bonchev–Trinajstić information content (AvgIpc) is 2.30. The Morgan fingerprint density at radius 3 is 2.12 bits per heavy atom. The number of rotatable bonds is 3. The first kappa shape index (κ1) is 12.4. The number of halogens is 2. The van der Waals surface area contributed by atoms with Gasteiger partial charge in [0.05, 0.1) is 0 Å². The molecule has 0 amide bonds. The van der Waals surface area contributed by atoms with Crippen LogP contribution in [0.3, 0.4) is 0 Å². The van der Waals surface area contributed by atoms with Gasteiger partial charge in [-0.05, 0) is 47.9 Å². The van der Waals surface area contributed by atoms with Crippen LogP contribution in [0, 0.1) is 0 Å². The van der Waals surface area contributed by atoms with Crippen molar-refractivity contribution in [3.05, 3.63) is 63.9 Å². The van der Waals surface area contributed by atoms with E-state index in [1.54, 1.807) is 6.07 Å². The molecule has 0 aliphatic rings.